The third-order valence-electron chi connectivity index (χ3n) is 2.54. The van der Waals surface area contributed by atoms with Gasteiger partial charge in [-0.25, -0.2) is 0 Å². The first-order valence-corrected chi connectivity index (χ1v) is 5.87. The predicted molar refractivity (Wildman–Crippen MR) is 67.0 cm³/mol. The number of halogens is 2. The number of imidazole rings is 1. The second-order valence-corrected chi connectivity index (χ2v) is 4.01. The summed E-state index contributed by atoms with van der Waals surface area (Å²) in [4.78, 5) is 2.90. The van der Waals surface area contributed by atoms with Crippen LogP contribution in [-0.4, -0.2) is 16.2 Å². The van der Waals surface area contributed by atoms with Crippen molar-refractivity contribution < 1.29 is 13.5 Å². The monoisotopic (exact) mass is 270 g/mol. The van der Waals surface area contributed by atoms with Crippen molar-refractivity contribution in [1.82, 2.24) is 9.55 Å². The van der Waals surface area contributed by atoms with Gasteiger partial charge in [0, 0.05) is 11.9 Å². The number of hydrogen-bond acceptors (Lipinski definition) is 2. The Kier molecular flexibility index (Phi) is 3.76. The number of ether oxygens (including phenoxy) is 1. The molecule has 18 heavy (non-hydrogen) atoms. The molecule has 0 saturated heterocycles. The molecule has 0 bridgehead atoms. The molecule has 1 aromatic carbocycles. The number of nitrogens with one attached hydrogen (secondary N) is 1. The Bertz CT molecular complexity index is 592. The fourth-order valence-corrected chi connectivity index (χ4v) is 2.04. The highest BCUT2D eigenvalue weighted by Crippen LogP contribution is 2.26. The van der Waals surface area contributed by atoms with Gasteiger partial charge >= 0.3 is 6.61 Å². The minimum Gasteiger partial charge on any atom is -0.433 e. The lowest BCUT2D eigenvalue weighted by molar-refractivity contribution is -0.0498. The van der Waals surface area contributed by atoms with Crippen molar-refractivity contribution >= 4 is 12.2 Å². The smallest absolute Gasteiger partial charge is 0.387 e. The lowest BCUT2D eigenvalue weighted by Crippen LogP contribution is -2.07. The first-order valence-electron chi connectivity index (χ1n) is 5.47. The summed E-state index contributed by atoms with van der Waals surface area (Å²) in [5.74, 6) is 0.109. The number of rotatable bonds is 4. The first-order chi connectivity index (χ1) is 8.63. The van der Waals surface area contributed by atoms with Crippen molar-refractivity contribution in [3.05, 3.63) is 40.9 Å². The van der Waals surface area contributed by atoms with E-state index in [4.69, 9.17) is 12.2 Å². The van der Waals surface area contributed by atoms with Crippen molar-refractivity contribution in [3.63, 3.8) is 0 Å². The van der Waals surface area contributed by atoms with Crippen molar-refractivity contribution in [1.29, 1.82) is 0 Å². The Labute approximate surface area is 108 Å². The molecule has 0 radical (unpaired) electrons. The normalized spacial score (nSPS) is 10.9. The van der Waals surface area contributed by atoms with E-state index in [9.17, 15) is 8.78 Å². The number of aromatic nitrogens is 2. The van der Waals surface area contributed by atoms with E-state index in [2.05, 4.69) is 9.72 Å². The molecule has 6 heteroatoms. The summed E-state index contributed by atoms with van der Waals surface area (Å²) < 4.78 is 31.4. The molecule has 1 N–H and O–H groups in total. The van der Waals surface area contributed by atoms with Crippen LogP contribution < -0.4 is 4.74 Å². The van der Waals surface area contributed by atoms with Crippen LogP contribution in [0.15, 0.2) is 30.5 Å². The number of aryl methyl sites for hydroxylation is 1. The molecule has 2 aromatic rings. The molecule has 0 aliphatic carbocycles. The summed E-state index contributed by atoms with van der Waals surface area (Å²) in [7, 11) is 0. The zero-order chi connectivity index (χ0) is 13.1. The second-order valence-electron chi connectivity index (χ2n) is 3.62. The van der Waals surface area contributed by atoms with Gasteiger partial charge in [0.2, 0.25) is 0 Å². The minimum atomic E-state index is -2.86. The van der Waals surface area contributed by atoms with E-state index in [0.717, 1.165) is 12.1 Å². The maximum atomic E-state index is 12.4. The van der Waals surface area contributed by atoms with Crippen molar-refractivity contribution in [3.8, 4) is 11.4 Å². The zero-order valence-corrected chi connectivity index (χ0v) is 10.5. The number of benzene rings is 1. The van der Waals surface area contributed by atoms with Gasteiger partial charge in [-0.1, -0.05) is 19.1 Å². The topological polar surface area (TPSA) is 29.9 Å². The van der Waals surface area contributed by atoms with Gasteiger partial charge in [0.25, 0.3) is 0 Å². The van der Waals surface area contributed by atoms with Crippen LogP contribution in [0.25, 0.3) is 5.69 Å². The third-order valence-corrected chi connectivity index (χ3v) is 2.84. The van der Waals surface area contributed by atoms with Crippen LogP contribution >= 0.6 is 12.2 Å². The number of nitrogens with zero attached hydrogens (tertiary/aromatic N) is 1. The van der Waals surface area contributed by atoms with Gasteiger partial charge in [-0.3, -0.25) is 4.57 Å². The molecular weight excluding hydrogens is 258 g/mol. The molecule has 0 aliphatic heterocycles. The number of para-hydroxylation sites is 2. The molecule has 1 aromatic heterocycles. The molecule has 96 valence electrons. The van der Waals surface area contributed by atoms with Gasteiger partial charge < -0.3 is 9.72 Å². The van der Waals surface area contributed by atoms with Crippen LogP contribution in [0.3, 0.4) is 0 Å². The van der Waals surface area contributed by atoms with Gasteiger partial charge in [0.05, 0.1) is 5.69 Å². The average molecular weight is 270 g/mol. The Morgan fingerprint density at radius 1 is 1.39 bits per heavy atom. The Morgan fingerprint density at radius 2 is 2.11 bits per heavy atom. The predicted octanol–water partition coefficient (Wildman–Crippen LogP) is 3.70. The van der Waals surface area contributed by atoms with Gasteiger partial charge in [-0.15, -0.1) is 0 Å². The van der Waals surface area contributed by atoms with E-state index in [1.54, 1.807) is 29.0 Å². The molecule has 2 rings (SSSR count). The molecule has 0 aliphatic rings. The highest BCUT2D eigenvalue weighted by atomic mass is 32.1. The van der Waals surface area contributed by atoms with E-state index < -0.39 is 6.61 Å². The van der Waals surface area contributed by atoms with Crippen LogP contribution in [0.1, 0.15) is 12.6 Å². The highest BCUT2D eigenvalue weighted by molar-refractivity contribution is 7.71. The zero-order valence-electron chi connectivity index (χ0n) is 9.69. The van der Waals surface area contributed by atoms with Gasteiger partial charge in [-0.05, 0) is 30.8 Å². The molecule has 0 spiro atoms. The number of hydrogen-bond donors (Lipinski definition) is 1. The summed E-state index contributed by atoms with van der Waals surface area (Å²) in [5.41, 5.74) is 1.42. The van der Waals surface area contributed by atoms with Crippen LogP contribution in [0.4, 0.5) is 8.78 Å². The molecule has 0 unspecified atom stereocenters. The fourth-order valence-electron chi connectivity index (χ4n) is 1.77. The highest BCUT2D eigenvalue weighted by Gasteiger charge is 2.13. The quantitative estimate of drug-likeness (QED) is 0.858. The van der Waals surface area contributed by atoms with Crippen LogP contribution in [0, 0.1) is 4.77 Å². The average Bonchev–Trinajstić information content (AvgIpc) is 2.70. The SMILES string of the molecule is CCc1c[nH]c(=S)n1-c1ccccc1OC(F)F. The van der Waals surface area contributed by atoms with Gasteiger partial charge in [0.15, 0.2) is 4.77 Å². The summed E-state index contributed by atoms with van der Waals surface area (Å²) in [6.07, 6.45) is 2.50. The van der Waals surface area contributed by atoms with E-state index in [0.29, 0.717) is 10.5 Å². The maximum Gasteiger partial charge on any atom is 0.387 e. The summed E-state index contributed by atoms with van der Waals surface area (Å²) in [6.45, 7) is -0.894. The molecular formula is C12H12F2N2OS. The molecule has 0 saturated carbocycles. The largest absolute Gasteiger partial charge is 0.433 e. The lowest BCUT2D eigenvalue weighted by atomic mass is 10.2. The molecule has 1 heterocycles. The molecule has 0 fully saturated rings. The van der Waals surface area contributed by atoms with Crippen molar-refractivity contribution in [2.45, 2.75) is 20.0 Å². The summed E-state index contributed by atoms with van der Waals surface area (Å²) in [5, 5.41) is 0. The third kappa shape index (κ3) is 2.43. The molecule has 0 atom stereocenters. The first kappa shape index (κ1) is 12.8. The lowest BCUT2D eigenvalue weighted by Gasteiger charge is -2.13. The Balaban J connectivity index is 2.56. The van der Waals surface area contributed by atoms with Gasteiger partial charge in [0.1, 0.15) is 5.75 Å². The van der Waals surface area contributed by atoms with Crippen LogP contribution in [0.5, 0.6) is 5.75 Å². The van der Waals surface area contributed by atoms with E-state index in [1.165, 1.54) is 6.07 Å². The van der Waals surface area contributed by atoms with E-state index in [1.807, 2.05) is 6.92 Å². The van der Waals surface area contributed by atoms with Crippen LogP contribution in [0.2, 0.25) is 0 Å². The second kappa shape index (κ2) is 5.30. The number of aromatic amines is 1. The Morgan fingerprint density at radius 3 is 2.78 bits per heavy atom. The van der Waals surface area contributed by atoms with Crippen LogP contribution in [-0.2, 0) is 6.42 Å². The van der Waals surface area contributed by atoms with Crippen molar-refractivity contribution in [2.24, 2.45) is 0 Å². The standard InChI is InChI=1S/C12H12F2N2OS/c1-2-8-7-15-12(18)16(8)9-5-3-4-6-10(9)17-11(13)14/h3-7,11H,2H2,1H3,(H,15,18). The Hall–Kier alpha value is -1.69. The van der Waals surface area contributed by atoms with E-state index >= 15 is 0 Å². The maximum absolute atomic E-state index is 12.4. The van der Waals surface area contributed by atoms with Gasteiger partial charge in [-0.2, -0.15) is 8.78 Å². The van der Waals surface area contributed by atoms with Crippen molar-refractivity contribution in [2.75, 3.05) is 0 Å². The summed E-state index contributed by atoms with van der Waals surface area (Å²) >= 11 is 5.16. The number of alkyl halides is 2. The fraction of sp³-hybridized carbons (Fsp3) is 0.250. The number of H-pyrrole nitrogens is 1. The van der Waals surface area contributed by atoms with E-state index in [-0.39, 0.29) is 5.75 Å². The molecule has 3 nitrogen and oxygen atoms in total. The summed E-state index contributed by atoms with van der Waals surface area (Å²) in [6, 6.07) is 6.58. The minimum absolute atomic E-state index is 0.109. The molecule has 0 amide bonds.